The molecule has 0 fully saturated rings. The molecule has 2 aromatic rings. The van der Waals surface area contributed by atoms with Gasteiger partial charge in [0.1, 0.15) is 5.69 Å². The van der Waals surface area contributed by atoms with Crippen molar-refractivity contribution in [3.05, 3.63) is 64.2 Å². The maximum atomic E-state index is 11.3. The Kier molecular flexibility index (Phi) is 5.53. The molecule has 0 aliphatic heterocycles. The van der Waals surface area contributed by atoms with Gasteiger partial charge in [-0.15, -0.1) is 0 Å². The highest BCUT2D eigenvalue weighted by atomic mass is 32.2. The summed E-state index contributed by atoms with van der Waals surface area (Å²) in [7, 11) is -3.98. The van der Waals surface area contributed by atoms with Crippen molar-refractivity contribution in [3.63, 3.8) is 0 Å². The number of sulfonamides is 1. The lowest BCUT2D eigenvalue weighted by Crippen LogP contribution is -2.18. The van der Waals surface area contributed by atoms with Crippen LogP contribution in [0, 0.1) is 10.1 Å². The Morgan fingerprint density at radius 2 is 1.88 bits per heavy atom. The van der Waals surface area contributed by atoms with Gasteiger partial charge in [0.25, 0.3) is 5.69 Å². The summed E-state index contributed by atoms with van der Waals surface area (Å²) in [6.07, 6.45) is 1.61. The summed E-state index contributed by atoms with van der Waals surface area (Å²) in [5.74, 6) is 0. The van der Waals surface area contributed by atoms with Crippen LogP contribution in [0.2, 0.25) is 0 Å². The van der Waals surface area contributed by atoms with Crippen LogP contribution in [0.1, 0.15) is 18.9 Å². The molecule has 0 spiro atoms. The smallest absolute Gasteiger partial charge is 0.293 e. The van der Waals surface area contributed by atoms with Crippen LogP contribution in [0.3, 0.4) is 0 Å². The predicted octanol–water partition coefficient (Wildman–Crippen LogP) is 2.68. The number of hydrogen-bond acceptors (Lipinski definition) is 5. The molecule has 1 atom stereocenters. The zero-order valence-corrected chi connectivity index (χ0v) is 14.0. The number of nitrogens with two attached hydrogens (primary N) is 1. The second-order valence-electron chi connectivity index (χ2n) is 5.55. The summed E-state index contributed by atoms with van der Waals surface area (Å²) < 4.78 is 22.7. The molecule has 0 aliphatic carbocycles. The number of hydrogen-bond donors (Lipinski definition) is 2. The third kappa shape index (κ3) is 4.77. The minimum Gasteiger partial charge on any atom is -0.377 e. The number of benzene rings is 2. The number of rotatable bonds is 7. The van der Waals surface area contributed by atoms with E-state index in [0.29, 0.717) is 0 Å². The Morgan fingerprint density at radius 1 is 1.21 bits per heavy atom. The topological polar surface area (TPSA) is 115 Å². The monoisotopic (exact) mass is 349 g/mol. The molecule has 7 nitrogen and oxygen atoms in total. The fourth-order valence-electron chi connectivity index (χ4n) is 2.33. The molecule has 2 aromatic carbocycles. The number of primary sulfonamides is 1. The second-order valence-corrected chi connectivity index (χ2v) is 7.11. The van der Waals surface area contributed by atoms with E-state index >= 15 is 0 Å². The molecule has 0 saturated carbocycles. The Balaban J connectivity index is 2.12. The van der Waals surface area contributed by atoms with Crippen LogP contribution in [-0.2, 0) is 16.4 Å². The maximum absolute atomic E-state index is 11.3. The summed E-state index contributed by atoms with van der Waals surface area (Å²) >= 11 is 0. The number of aryl methyl sites for hydroxylation is 1. The first-order valence-electron chi connectivity index (χ1n) is 7.39. The molecule has 0 aromatic heterocycles. The number of nitrogens with one attached hydrogen (secondary N) is 1. The Morgan fingerprint density at radius 3 is 2.46 bits per heavy atom. The van der Waals surface area contributed by atoms with Crippen molar-refractivity contribution in [3.8, 4) is 0 Å². The first kappa shape index (κ1) is 17.9. The molecular formula is C16H19N3O4S. The van der Waals surface area contributed by atoms with E-state index in [2.05, 4.69) is 5.32 Å². The molecule has 0 bridgehead atoms. The summed E-state index contributed by atoms with van der Waals surface area (Å²) in [4.78, 5) is 10.3. The summed E-state index contributed by atoms with van der Waals surface area (Å²) in [6, 6.07) is 13.5. The van der Waals surface area contributed by atoms with Crippen LogP contribution in [0.5, 0.6) is 0 Å². The Bertz CT molecular complexity index is 822. The molecule has 0 amide bonds. The van der Waals surface area contributed by atoms with Crippen LogP contribution in [0.25, 0.3) is 0 Å². The number of anilines is 1. The SMILES string of the molecule is CC(CCc1ccccc1)Nc1ccc(S(N)(=O)=O)cc1[N+](=O)[O-]. The van der Waals surface area contributed by atoms with Crippen molar-refractivity contribution in [2.75, 3.05) is 5.32 Å². The van der Waals surface area contributed by atoms with E-state index < -0.39 is 14.9 Å². The quantitative estimate of drug-likeness (QED) is 0.589. The van der Waals surface area contributed by atoms with Gasteiger partial charge in [0.05, 0.1) is 9.82 Å². The highest BCUT2D eigenvalue weighted by Crippen LogP contribution is 2.28. The largest absolute Gasteiger partial charge is 0.377 e. The van der Waals surface area contributed by atoms with Crippen LogP contribution >= 0.6 is 0 Å². The zero-order valence-electron chi connectivity index (χ0n) is 13.2. The molecule has 0 heterocycles. The van der Waals surface area contributed by atoms with E-state index in [1.165, 1.54) is 17.7 Å². The lowest BCUT2D eigenvalue weighted by molar-refractivity contribution is -0.384. The van der Waals surface area contributed by atoms with Gasteiger partial charge in [-0.05, 0) is 37.5 Å². The van der Waals surface area contributed by atoms with Gasteiger partial charge in [0, 0.05) is 12.1 Å². The van der Waals surface area contributed by atoms with E-state index in [1.54, 1.807) is 0 Å². The van der Waals surface area contributed by atoms with Gasteiger partial charge in [0.15, 0.2) is 0 Å². The molecule has 0 saturated heterocycles. The van der Waals surface area contributed by atoms with Crippen LogP contribution in [-0.4, -0.2) is 19.4 Å². The predicted molar refractivity (Wildman–Crippen MR) is 92.3 cm³/mol. The van der Waals surface area contributed by atoms with E-state index in [4.69, 9.17) is 5.14 Å². The average molecular weight is 349 g/mol. The van der Waals surface area contributed by atoms with E-state index in [9.17, 15) is 18.5 Å². The molecule has 3 N–H and O–H groups in total. The molecule has 8 heteroatoms. The van der Waals surface area contributed by atoms with E-state index in [1.807, 2.05) is 37.3 Å². The molecular weight excluding hydrogens is 330 g/mol. The molecule has 0 radical (unpaired) electrons. The van der Waals surface area contributed by atoms with Gasteiger partial charge in [-0.3, -0.25) is 10.1 Å². The van der Waals surface area contributed by atoms with Gasteiger partial charge in [-0.1, -0.05) is 30.3 Å². The third-order valence-corrected chi connectivity index (χ3v) is 4.52. The maximum Gasteiger partial charge on any atom is 0.293 e. The standard InChI is InChI=1S/C16H19N3O4S/c1-12(7-8-13-5-3-2-4-6-13)18-15-10-9-14(24(17,22)23)11-16(15)19(20)21/h2-6,9-12,18H,7-8H2,1H3,(H2,17,22,23). The zero-order chi connectivity index (χ0) is 17.7. The van der Waals surface area contributed by atoms with E-state index in [-0.39, 0.29) is 22.3 Å². The second kappa shape index (κ2) is 7.41. The molecule has 1 unspecified atom stereocenters. The molecule has 128 valence electrons. The highest BCUT2D eigenvalue weighted by Gasteiger charge is 2.20. The number of nitrogens with zero attached hydrogens (tertiary/aromatic N) is 1. The van der Waals surface area contributed by atoms with Gasteiger partial charge in [-0.25, -0.2) is 13.6 Å². The Hall–Kier alpha value is -2.45. The molecule has 0 aliphatic rings. The fraction of sp³-hybridized carbons (Fsp3) is 0.250. The van der Waals surface area contributed by atoms with Gasteiger partial charge >= 0.3 is 0 Å². The van der Waals surface area contributed by atoms with E-state index in [0.717, 1.165) is 18.9 Å². The summed E-state index contributed by atoms with van der Waals surface area (Å²) in [5.41, 5.74) is 1.14. The molecule has 24 heavy (non-hydrogen) atoms. The highest BCUT2D eigenvalue weighted by molar-refractivity contribution is 7.89. The van der Waals surface area contributed by atoms with Crippen molar-refractivity contribution >= 4 is 21.4 Å². The number of nitro benzene ring substituents is 1. The van der Waals surface area contributed by atoms with Crippen molar-refractivity contribution in [1.82, 2.24) is 0 Å². The minimum absolute atomic E-state index is 0.0239. The third-order valence-electron chi connectivity index (χ3n) is 3.61. The lowest BCUT2D eigenvalue weighted by atomic mass is 10.1. The average Bonchev–Trinajstić information content (AvgIpc) is 2.53. The minimum atomic E-state index is -3.98. The normalized spacial score (nSPS) is 12.6. The van der Waals surface area contributed by atoms with Crippen molar-refractivity contribution in [2.45, 2.75) is 30.7 Å². The molecule has 2 rings (SSSR count). The Labute approximate surface area is 140 Å². The van der Waals surface area contributed by atoms with Gasteiger partial charge < -0.3 is 5.32 Å². The first-order valence-corrected chi connectivity index (χ1v) is 8.93. The lowest BCUT2D eigenvalue weighted by Gasteiger charge is -2.15. The van der Waals surface area contributed by atoms with Gasteiger partial charge in [0.2, 0.25) is 10.0 Å². The first-order chi connectivity index (χ1) is 11.3. The summed E-state index contributed by atoms with van der Waals surface area (Å²) in [5, 5.41) is 19.3. The number of nitro groups is 1. The van der Waals surface area contributed by atoms with Gasteiger partial charge in [-0.2, -0.15) is 0 Å². The summed E-state index contributed by atoms with van der Waals surface area (Å²) in [6.45, 7) is 1.92. The van der Waals surface area contributed by atoms with Crippen molar-refractivity contribution in [1.29, 1.82) is 0 Å². The van der Waals surface area contributed by atoms with Crippen LogP contribution in [0.4, 0.5) is 11.4 Å². The van der Waals surface area contributed by atoms with Crippen LogP contribution < -0.4 is 10.5 Å². The fourth-order valence-corrected chi connectivity index (χ4v) is 2.86. The van der Waals surface area contributed by atoms with Crippen LogP contribution in [0.15, 0.2) is 53.4 Å². The van der Waals surface area contributed by atoms with Crippen molar-refractivity contribution in [2.24, 2.45) is 5.14 Å². The van der Waals surface area contributed by atoms with Crippen molar-refractivity contribution < 1.29 is 13.3 Å².